The minimum absolute atomic E-state index is 0.0307. The van der Waals surface area contributed by atoms with E-state index < -0.39 is 22.5 Å². The number of ether oxygens (including phenoxy) is 2. The van der Waals surface area contributed by atoms with Crippen LogP contribution in [0.4, 0.5) is 5.69 Å². The number of nitrogens with one attached hydrogen (secondary N) is 1. The molecule has 7 nitrogen and oxygen atoms in total. The molecule has 3 rings (SSSR count). The fraction of sp³-hybridized carbons (Fsp3) is 0.208. The zero-order valence-corrected chi connectivity index (χ0v) is 19.9. The molecule has 3 aromatic rings. The Balaban J connectivity index is 1.82. The standard InChI is InChI=1S/C24H25ClN2O5S/c1-31-20-11-13-21(14-12-20)33(29,30)27(22-5-3-4-6-23(22)32-2)17-24(28)26-16-15-18-7-9-19(25)10-8-18/h3-14H,15-17H2,1-2H3,(H,26,28). The van der Waals surface area contributed by atoms with Gasteiger partial charge < -0.3 is 14.8 Å². The summed E-state index contributed by atoms with van der Waals surface area (Å²) in [5, 5.41) is 3.42. The first-order valence-electron chi connectivity index (χ1n) is 10.2. The highest BCUT2D eigenvalue weighted by Gasteiger charge is 2.29. The van der Waals surface area contributed by atoms with Crippen LogP contribution in [0.5, 0.6) is 11.5 Å². The predicted molar refractivity (Wildman–Crippen MR) is 129 cm³/mol. The SMILES string of the molecule is COc1ccc(S(=O)(=O)N(CC(=O)NCCc2ccc(Cl)cc2)c2ccccc2OC)cc1. The summed E-state index contributed by atoms with van der Waals surface area (Å²) in [6, 6.07) is 20.0. The number of nitrogens with zero attached hydrogens (tertiary/aromatic N) is 1. The molecule has 0 saturated carbocycles. The Labute approximate surface area is 198 Å². The Morgan fingerprint density at radius 2 is 1.61 bits per heavy atom. The third-order valence-corrected chi connectivity index (χ3v) is 6.96. The van der Waals surface area contributed by atoms with Gasteiger partial charge in [-0.1, -0.05) is 35.9 Å². The number of halogens is 1. The van der Waals surface area contributed by atoms with E-state index in [9.17, 15) is 13.2 Å². The van der Waals surface area contributed by atoms with Crippen molar-refractivity contribution in [3.05, 3.63) is 83.4 Å². The van der Waals surface area contributed by atoms with Crippen molar-refractivity contribution < 1.29 is 22.7 Å². The number of carbonyl (C=O) groups is 1. The second kappa shape index (κ2) is 11.1. The summed E-state index contributed by atoms with van der Waals surface area (Å²) < 4.78 is 38.5. The molecule has 0 spiro atoms. The van der Waals surface area contributed by atoms with Crippen LogP contribution in [0.2, 0.25) is 5.02 Å². The maximum Gasteiger partial charge on any atom is 0.264 e. The first-order valence-corrected chi connectivity index (χ1v) is 12.0. The van der Waals surface area contributed by atoms with Crippen molar-refractivity contribution in [3.8, 4) is 11.5 Å². The van der Waals surface area contributed by atoms with E-state index in [1.54, 1.807) is 48.5 Å². The number of methoxy groups -OCH3 is 2. The van der Waals surface area contributed by atoms with Gasteiger partial charge in [-0.05, 0) is 60.5 Å². The summed E-state index contributed by atoms with van der Waals surface area (Å²) in [5.41, 5.74) is 1.27. The van der Waals surface area contributed by atoms with Crippen LogP contribution in [0.25, 0.3) is 0 Å². The molecule has 3 aromatic carbocycles. The molecule has 0 aliphatic carbocycles. The van der Waals surface area contributed by atoms with Gasteiger partial charge in [-0.3, -0.25) is 9.10 Å². The van der Waals surface area contributed by atoms with E-state index in [-0.39, 0.29) is 10.6 Å². The number of hydrogen-bond donors (Lipinski definition) is 1. The van der Waals surface area contributed by atoms with E-state index in [0.717, 1.165) is 9.87 Å². The van der Waals surface area contributed by atoms with E-state index in [1.165, 1.54) is 26.4 Å². The molecule has 174 valence electrons. The van der Waals surface area contributed by atoms with Gasteiger partial charge in [-0.15, -0.1) is 0 Å². The Bertz CT molecular complexity index is 1180. The number of anilines is 1. The molecule has 0 radical (unpaired) electrons. The number of hydrogen-bond acceptors (Lipinski definition) is 5. The van der Waals surface area contributed by atoms with Gasteiger partial charge in [0, 0.05) is 11.6 Å². The number of rotatable bonds is 10. The van der Waals surface area contributed by atoms with Gasteiger partial charge in [0.25, 0.3) is 10.0 Å². The number of para-hydroxylation sites is 2. The monoisotopic (exact) mass is 488 g/mol. The van der Waals surface area contributed by atoms with Crippen molar-refractivity contribution in [1.82, 2.24) is 5.32 Å². The minimum Gasteiger partial charge on any atom is -0.497 e. The Morgan fingerprint density at radius 1 is 0.939 bits per heavy atom. The van der Waals surface area contributed by atoms with E-state index in [0.29, 0.717) is 29.5 Å². The Kier molecular flexibility index (Phi) is 8.19. The fourth-order valence-electron chi connectivity index (χ4n) is 3.19. The lowest BCUT2D eigenvalue weighted by Gasteiger charge is -2.25. The van der Waals surface area contributed by atoms with Crippen LogP contribution in [-0.4, -0.2) is 41.6 Å². The summed E-state index contributed by atoms with van der Waals surface area (Å²) in [6.45, 7) is -0.0574. The molecule has 1 amide bonds. The highest BCUT2D eigenvalue weighted by Crippen LogP contribution is 2.32. The Hall–Kier alpha value is -3.23. The first-order chi connectivity index (χ1) is 15.8. The lowest BCUT2D eigenvalue weighted by Crippen LogP contribution is -2.41. The van der Waals surface area contributed by atoms with E-state index in [1.807, 2.05) is 12.1 Å². The smallest absolute Gasteiger partial charge is 0.264 e. The van der Waals surface area contributed by atoms with Crippen molar-refractivity contribution in [2.24, 2.45) is 0 Å². The van der Waals surface area contributed by atoms with Gasteiger partial charge in [0.2, 0.25) is 5.91 Å². The molecule has 0 atom stereocenters. The average Bonchev–Trinajstić information content (AvgIpc) is 2.83. The average molecular weight is 489 g/mol. The van der Waals surface area contributed by atoms with Crippen molar-refractivity contribution in [2.75, 3.05) is 31.6 Å². The molecular weight excluding hydrogens is 464 g/mol. The Morgan fingerprint density at radius 3 is 2.24 bits per heavy atom. The minimum atomic E-state index is -4.07. The van der Waals surface area contributed by atoms with Crippen molar-refractivity contribution in [2.45, 2.75) is 11.3 Å². The summed E-state index contributed by atoms with van der Waals surface area (Å²) in [4.78, 5) is 12.8. The molecule has 0 heterocycles. The van der Waals surface area contributed by atoms with Gasteiger partial charge in [-0.25, -0.2) is 8.42 Å². The largest absolute Gasteiger partial charge is 0.497 e. The normalized spacial score (nSPS) is 11.0. The van der Waals surface area contributed by atoms with Crippen LogP contribution in [-0.2, 0) is 21.2 Å². The fourth-order valence-corrected chi connectivity index (χ4v) is 4.75. The van der Waals surface area contributed by atoms with Crippen LogP contribution < -0.4 is 19.1 Å². The highest BCUT2D eigenvalue weighted by molar-refractivity contribution is 7.92. The molecular formula is C24H25ClN2O5S. The number of amides is 1. The van der Waals surface area contributed by atoms with E-state index in [4.69, 9.17) is 21.1 Å². The zero-order valence-electron chi connectivity index (χ0n) is 18.3. The maximum atomic E-state index is 13.5. The van der Waals surface area contributed by atoms with Crippen LogP contribution in [0.1, 0.15) is 5.56 Å². The molecule has 0 aromatic heterocycles. The number of benzene rings is 3. The van der Waals surface area contributed by atoms with E-state index in [2.05, 4.69) is 5.32 Å². The van der Waals surface area contributed by atoms with Crippen LogP contribution in [0, 0.1) is 0 Å². The van der Waals surface area contributed by atoms with Gasteiger partial charge in [0.1, 0.15) is 18.0 Å². The quantitative estimate of drug-likeness (QED) is 0.467. The zero-order chi connectivity index (χ0) is 23.8. The molecule has 0 aliphatic heterocycles. The summed E-state index contributed by atoms with van der Waals surface area (Å²) >= 11 is 5.90. The maximum absolute atomic E-state index is 13.5. The molecule has 0 bridgehead atoms. The van der Waals surface area contributed by atoms with Gasteiger partial charge >= 0.3 is 0 Å². The predicted octanol–water partition coefficient (Wildman–Crippen LogP) is 3.91. The molecule has 0 saturated heterocycles. The van der Waals surface area contributed by atoms with Gasteiger partial charge in [-0.2, -0.15) is 0 Å². The lowest BCUT2D eigenvalue weighted by atomic mass is 10.1. The topological polar surface area (TPSA) is 84.9 Å². The highest BCUT2D eigenvalue weighted by atomic mass is 35.5. The third kappa shape index (κ3) is 6.18. The van der Waals surface area contributed by atoms with Gasteiger partial charge in [0.05, 0.1) is 24.8 Å². The summed E-state index contributed by atoms with van der Waals surface area (Å²) in [5.74, 6) is 0.424. The second-order valence-electron chi connectivity index (χ2n) is 7.09. The molecule has 1 N–H and O–H groups in total. The summed E-state index contributed by atoms with van der Waals surface area (Å²) in [7, 11) is -1.12. The molecule has 33 heavy (non-hydrogen) atoms. The number of carbonyl (C=O) groups excluding carboxylic acids is 1. The number of sulfonamides is 1. The second-order valence-corrected chi connectivity index (χ2v) is 9.38. The molecule has 9 heteroatoms. The molecule has 0 aliphatic rings. The van der Waals surface area contributed by atoms with Crippen LogP contribution in [0.15, 0.2) is 77.7 Å². The van der Waals surface area contributed by atoms with E-state index >= 15 is 0 Å². The van der Waals surface area contributed by atoms with Crippen molar-refractivity contribution >= 4 is 33.2 Å². The molecule has 0 fully saturated rings. The summed E-state index contributed by atoms with van der Waals surface area (Å²) in [6.07, 6.45) is 0.586. The van der Waals surface area contributed by atoms with Crippen LogP contribution in [0.3, 0.4) is 0 Å². The first kappa shape index (κ1) is 24.4. The lowest BCUT2D eigenvalue weighted by molar-refractivity contribution is -0.119. The van der Waals surface area contributed by atoms with Crippen molar-refractivity contribution in [3.63, 3.8) is 0 Å². The third-order valence-electron chi connectivity index (χ3n) is 4.94. The van der Waals surface area contributed by atoms with Crippen molar-refractivity contribution in [1.29, 1.82) is 0 Å². The molecule has 0 unspecified atom stereocenters. The van der Waals surface area contributed by atoms with Crippen LogP contribution >= 0.6 is 11.6 Å². The van der Waals surface area contributed by atoms with Gasteiger partial charge in [0.15, 0.2) is 0 Å².